The maximum absolute atomic E-state index is 12.1. The minimum absolute atomic E-state index is 0.0873. The van der Waals surface area contributed by atoms with Gasteiger partial charge in [0.1, 0.15) is 0 Å². The molecule has 1 aromatic rings. The average molecular weight is 319 g/mol. The van der Waals surface area contributed by atoms with Gasteiger partial charge in [-0.25, -0.2) is 0 Å². The first-order chi connectivity index (χ1) is 7.91. The molecule has 94 valence electrons. The van der Waals surface area contributed by atoms with E-state index in [0.29, 0.717) is 11.4 Å². The molecule has 0 aromatic heterocycles. The molecule has 1 aromatic carbocycles. The van der Waals surface area contributed by atoms with Crippen LogP contribution in [0.25, 0.3) is 0 Å². The largest absolute Gasteiger partial charge is 0.346 e. The Morgan fingerprint density at radius 1 is 1.53 bits per heavy atom. The molecule has 1 atom stereocenters. The number of hydrogen-bond acceptors (Lipinski definition) is 1. The number of benzene rings is 1. The highest BCUT2D eigenvalue weighted by atomic mass is 79.9. The number of nitrogens with one attached hydrogen (secondary N) is 1. The quantitative estimate of drug-likeness (QED) is 0.838. The van der Waals surface area contributed by atoms with Crippen LogP contribution in [0.15, 0.2) is 22.7 Å². The molecule has 0 heterocycles. The molecule has 0 aliphatic heterocycles. The molecule has 0 spiro atoms. The first kappa shape index (κ1) is 14.5. The summed E-state index contributed by atoms with van der Waals surface area (Å²) in [5.74, 6) is 0.318. The van der Waals surface area contributed by atoms with Crippen molar-refractivity contribution in [1.29, 1.82) is 0 Å². The van der Waals surface area contributed by atoms with Gasteiger partial charge in [0.25, 0.3) is 5.91 Å². The summed E-state index contributed by atoms with van der Waals surface area (Å²) in [5.41, 5.74) is 1.40. The number of carbonyl (C=O) groups is 1. The standard InChI is InChI=1S/C13H17BrClNO/c1-4-13(3,8-15)16-12(17)10-6-5-9(2)11(14)7-10/h5-7H,4,8H2,1-3H3,(H,16,17). The fraction of sp³-hybridized carbons (Fsp3) is 0.462. The van der Waals surface area contributed by atoms with E-state index in [1.165, 1.54) is 0 Å². The topological polar surface area (TPSA) is 29.1 Å². The highest BCUT2D eigenvalue weighted by molar-refractivity contribution is 9.10. The van der Waals surface area contributed by atoms with Crippen LogP contribution in [0.4, 0.5) is 0 Å². The van der Waals surface area contributed by atoms with Gasteiger partial charge in [0.2, 0.25) is 0 Å². The van der Waals surface area contributed by atoms with Crippen molar-refractivity contribution in [3.05, 3.63) is 33.8 Å². The molecule has 0 bridgehead atoms. The first-order valence-corrected chi connectivity index (χ1v) is 6.89. The van der Waals surface area contributed by atoms with Crippen LogP contribution in [-0.4, -0.2) is 17.3 Å². The minimum atomic E-state index is -0.351. The van der Waals surface area contributed by atoms with Crippen molar-refractivity contribution in [1.82, 2.24) is 5.32 Å². The predicted molar refractivity (Wildman–Crippen MR) is 75.8 cm³/mol. The van der Waals surface area contributed by atoms with Crippen molar-refractivity contribution in [2.24, 2.45) is 0 Å². The minimum Gasteiger partial charge on any atom is -0.346 e. The van der Waals surface area contributed by atoms with Crippen LogP contribution in [0.1, 0.15) is 36.2 Å². The molecule has 1 N–H and O–H groups in total. The van der Waals surface area contributed by atoms with E-state index in [9.17, 15) is 4.79 Å². The molecule has 17 heavy (non-hydrogen) atoms. The summed E-state index contributed by atoms with van der Waals surface area (Å²) in [6.07, 6.45) is 0.801. The summed E-state index contributed by atoms with van der Waals surface area (Å²) in [5, 5.41) is 2.96. The van der Waals surface area contributed by atoms with Crippen molar-refractivity contribution in [3.8, 4) is 0 Å². The monoisotopic (exact) mass is 317 g/mol. The molecule has 1 unspecified atom stereocenters. The number of carbonyl (C=O) groups excluding carboxylic acids is 1. The third kappa shape index (κ3) is 3.71. The van der Waals surface area contributed by atoms with Crippen LogP contribution in [-0.2, 0) is 0 Å². The number of amides is 1. The van der Waals surface area contributed by atoms with E-state index < -0.39 is 0 Å². The normalized spacial score (nSPS) is 14.2. The second-order valence-corrected chi connectivity index (χ2v) is 5.59. The number of aryl methyl sites for hydroxylation is 1. The summed E-state index contributed by atoms with van der Waals surface area (Å²) in [4.78, 5) is 12.1. The number of halogens is 2. The molecule has 1 rings (SSSR count). The van der Waals surface area contributed by atoms with Crippen molar-refractivity contribution in [2.45, 2.75) is 32.7 Å². The van der Waals surface area contributed by atoms with Gasteiger partial charge in [-0.1, -0.05) is 28.9 Å². The summed E-state index contributed by atoms with van der Waals surface area (Å²) >= 11 is 9.30. The van der Waals surface area contributed by atoms with E-state index in [4.69, 9.17) is 11.6 Å². The van der Waals surface area contributed by atoms with Crippen molar-refractivity contribution < 1.29 is 4.79 Å². The third-order valence-electron chi connectivity index (χ3n) is 2.92. The van der Waals surface area contributed by atoms with Crippen LogP contribution in [0, 0.1) is 6.92 Å². The van der Waals surface area contributed by atoms with Crippen molar-refractivity contribution in [3.63, 3.8) is 0 Å². The summed E-state index contributed by atoms with van der Waals surface area (Å²) in [7, 11) is 0. The lowest BCUT2D eigenvalue weighted by molar-refractivity contribution is 0.0912. The first-order valence-electron chi connectivity index (χ1n) is 5.56. The molecule has 0 aliphatic carbocycles. The number of rotatable bonds is 4. The van der Waals surface area contributed by atoms with E-state index in [1.54, 1.807) is 0 Å². The van der Waals surface area contributed by atoms with Gasteiger partial charge in [-0.05, 0) is 38.0 Å². The Bertz CT molecular complexity index is 416. The highest BCUT2D eigenvalue weighted by Gasteiger charge is 2.23. The average Bonchev–Trinajstić information content (AvgIpc) is 2.32. The fourth-order valence-electron chi connectivity index (χ4n) is 1.30. The lowest BCUT2D eigenvalue weighted by atomic mass is 10.0. The summed E-state index contributed by atoms with van der Waals surface area (Å²) < 4.78 is 0.939. The molecule has 0 saturated heterocycles. The van der Waals surface area contributed by atoms with Gasteiger partial charge in [0.15, 0.2) is 0 Å². The molecule has 2 nitrogen and oxygen atoms in total. The molecule has 4 heteroatoms. The SMILES string of the molecule is CCC(C)(CCl)NC(=O)c1ccc(C)c(Br)c1. The number of alkyl halides is 1. The van der Waals surface area contributed by atoms with E-state index >= 15 is 0 Å². The zero-order chi connectivity index (χ0) is 13.1. The van der Waals surface area contributed by atoms with Crippen LogP contribution < -0.4 is 5.32 Å². The van der Waals surface area contributed by atoms with Crippen molar-refractivity contribution >= 4 is 33.4 Å². The molecule has 1 amide bonds. The third-order valence-corrected chi connectivity index (χ3v) is 4.37. The van der Waals surface area contributed by atoms with Crippen LogP contribution in [0.3, 0.4) is 0 Å². The number of hydrogen-bond donors (Lipinski definition) is 1. The Balaban J connectivity index is 2.86. The van der Waals surface area contributed by atoms with E-state index in [0.717, 1.165) is 16.5 Å². The summed E-state index contributed by atoms with van der Waals surface area (Å²) in [6, 6.07) is 5.57. The Hall–Kier alpha value is -0.540. The maximum Gasteiger partial charge on any atom is 0.251 e. The van der Waals surface area contributed by atoms with Gasteiger partial charge in [0.05, 0.1) is 5.54 Å². The van der Waals surface area contributed by atoms with E-state index in [1.807, 2.05) is 39.0 Å². The van der Waals surface area contributed by atoms with Gasteiger partial charge in [-0.15, -0.1) is 11.6 Å². The van der Waals surface area contributed by atoms with Gasteiger partial charge in [0, 0.05) is 15.9 Å². The Morgan fingerprint density at radius 2 is 2.18 bits per heavy atom. The Labute approximate surface area is 116 Å². The fourth-order valence-corrected chi connectivity index (χ4v) is 1.93. The van der Waals surface area contributed by atoms with Gasteiger partial charge in [-0.3, -0.25) is 4.79 Å². The lowest BCUT2D eigenvalue weighted by Gasteiger charge is -2.27. The van der Waals surface area contributed by atoms with Gasteiger partial charge < -0.3 is 5.32 Å². The maximum atomic E-state index is 12.1. The molecular weight excluding hydrogens is 302 g/mol. The molecule has 0 radical (unpaired) electrons. The van der Waals surface area contributed by atoms with E-state index in [-0.39, 0.29) is 11.4 Å². The van der Waals surface area contributed by atoms with Crippen LogP contribution in [0.2, 0.25) is 0 Å². The predicted octanol–water partition coefficient (Wildman–Crippen LogP) is 3.89. The van der Waals surface area contributed by atoms with Crippen LogP contribution >= 0.6 is 27.5 Å². The second-order valence-electron chi connectivity index (χ2n) is 4.47. The Morgan fingerprint density at radius 3 is 2.65 bits per heavy atom. The molecule has 0 fully saturated rings. The smallest absolute Gasteiger partial charge is 0.251 e. The zero-order valence-electron chi connectivity index (χ0n) is 10.3. The lowest BCUT2D eigenvalue weighted by Crippen LogP contribution is -2.47. The second kappa shape index (κ2) is 5.87. The van der Waals surface area contributed by atoms with Gasteiger partial charge in [-0.2, -0.15) is 0 Å². The molecular formula is C13H17BrClNO. The van der Waals surface area contributed by atoms with Crippen molar-refractivity contribution in [2.75, 3.05) is 5.88 Å². The summed E-state index contributed by atoms with van der Waals surface area (Å²) in [6.45, 7) is 5.94. The van der Waals surface area contributed by atoms with Crippen LogP contribution in [0.5, 0.6) is 0 Å². The highest BCUT2D eigenvalue weighted by Crippen LogP contribution is 2.19. The van der Waals surface area contributed by atoms with E-state index in [2.05, 4.69) is 21.2 Å². The molecule has 0 aliphatic rings. The van der Waals surface area contributed by atoms with Gasteiger partial charge >= 0.3 is 0 Å². The molecule has 0 saturated carbocycles. The zero-order valence-corrected chi connectivity index (χ0v) is 12.7. The Kier molecular flexibility index (Phi) is 5.02.